The second kappa shape index (κ2) is 8.29. The van der Waals surface area contributed by atoms with Crippen LogP contribution < -0.4 is 10.1 Å². The van der Waals surface area contributed by atoms with E-state index in [1.165, 1.54) is 12.7 Å². The Balaban J connectivity index is 1.88. The maximum absolute atomic E-state index is 10.9. The minimum Gasteiger partial charge on any atom is -0.490 e. The summed E-state index contributed by atoms with van der Waals surface area (Å²) in [5.41, 5.74) is 2.35. The Labute approximate surface area is 135 Å². The second-order valence-electron chi connectivity index (χ2n) is 4.69. The molecule has 2 aromatic carbocycles. The molecule has 2 rings (SSSR count). The highest BCUT2D eigenvalue weighted by molar-refractivity contribution is 6.32. The molecule has 0 saturated heterocycles. The second-order valence-corrected chi connectivity index (χ2v) is 5.10. The zero-order chi connectivity index (χ0) is 15.8. The number of ether oxygens (including phenoxy) is 2. The number of amides is 1. The number of hydrogen-bond donors (Lipinski definition) is 1. The molecule has 0 atom stereocenters. The third-order valence-electron chi connectivity index (χ3n) is 3.06. The summed E-state index contributed by atoms with van der Waals surface area (Å²) in [6.45, 7) is 0.682. The van der Waals surface area contributed by atoms with E-state index in [9.17, 15) is 4.79 Å². The van der Waals surface area contributed by atoms with E-state index in [2.05, 4.69) is 22.2 Å². The molecule has 0 aromatic heterocycles. The Kier molecular flexibility index (Phi) is 6.10. The first-order chi connectivity index (χ1) is 10.7. The van der Waals surface area contributed by atoms with Gasteiger partial charge in [-0.25, -0.2) is 4.79 Å². The van der Waals surface area contributed by atoms with Gasteiger partial charge >= 0.3 is 6.09 Å². The SMILES string of the molecule is COC(=O)NCCOc1ccc(Cc2ccccc2)cc1Cl. The summed E-state index contributed by atoms with van der Waals surface area (Å²) in [7, 11) is 1.32. The molecule has 2 aromatic rings. The van der Waals surface area contributed by atoms with Crippen LogP contribution in [0.15, 0.2) is 48.5 Å². The van der Waals surface area contributed by atoms with Crippen molar-refractivity contribution in [1.82, 2.24) is 5.32 Å². The van der Waals surface area contributed by atoms with E-state index in [0.29, 0.717) is 23.9 Å². The molecule has 116 valence electrons. The Morgan fingerprint density at radius 3 is 2.59 bits per heavy atom. The lowest BCUT2D eigenvalue weighted by molar-refractivity contribution is 0.168. The van der Waals surface area contributed by atoms with E-state index in [1.807, 2.05) is 36.4 Å². The van der Waals surface area contributed by atoms with E-state index in [0.717, 1.165) is 12.0 Å². The van der Waals surface area contributed by atoms with Gasteiger partial charge in [-0.3, -0.25) is 0 Å². The van der Waals surface area contributed by atoms with E-state index in [4.69, 9.17) is 16.3 Å². The number of hydrogen-bond acceptors (Lipinski definition) is 3. The molecule has 0 heterocycles. The summed E-state index contributed by atoms with van der Waals surface area (Å²) in [6.07, 6.45) is 0.345. The highest BCUT2D eigenvalue weighted by Crippen LogP contribution is 2.26. The molecule has 0 bridgehead atoms. The van der Waals surface area contributed by atoms with Gasteiger partial charge < -0.3 is 14.8 Å². The van der Waals surface area contributed by atoms with Gasteiger partial charge in [0.15, 0.2) is 0 Å². The van der Waals surface area contributed by atoms with E-state index >= 15 is 0 Å². The maximum Gasteiger partial charge on any atom is 0.406 e. The number of nitrogens with one attached hydrogen (secondary N) is 1. The molecule has 0 saturated carbocycles. The normalized spacial score (nSPS) is 10.1. The lowest BCUT2D eigenvalue weighted by atomic mass is 10.1. The van der Waals surface area contributed by atoms with Crippen molar-refractivity contribution in [2.75, 3.05) is 20.3 Å². The average Bonchev–Trinajstić information content (AvgIpc) is 2.54. The lowest BCUT2D eigenvalue weighted by Gasteiger charge is -2.10. The van der Waals surface area contributed by atoms with Crippen molar-refractivity contribution in [2.24, 2.45) is 0 Å². The van der Waals surface area contributed by atoms with Crippen molar-refractivity contribution in [1.29, 1.82) is 0 Å². The predicted octanol–water partition coefficient (Wildman–Crippen LogP) is 3.67. The van der Waals surface area contributed by atoms with Gasteiger partial charge in [-0.05, 0) is 29.7 Å². The van der Waals surface area contributed by atoms with Gasteiger partial charge in [-0.2, -0.15) is 0 Å². The summed E-state index contributed by atoms with van der Waals surface area (Å²) in [6, 6.07) is 15.9. The molecule has 22 heavy (non-hydrogen) atoms. The maximum atomic E-state index is 10.9. The molecule has 0 aliphatic heterocycles. The van der Waals surface area contributed by atoms with Crippen molar-refractivity contribution in [3.8, 4) is 5.75 Å². The Hall–Kier alpha value is -2.20. The molecular formula is C17H18ClNO3. The summed E-state index contributed by atoms with van der Waals surface area (Å²) in [5.74, 6) is 0.602. The average molecular weight is 320 g/mol. The fraction of sp³-hybridized carbons (Fsp3) is 0.235. The Morgan fingerprint density at radius 1 is 1.14 bits per heavy atom. The fourth-order valence-electron chi connectivity index (χ4n) is 1.99. The first-order valence-corrected chi connectivity index (χ1v) is 7.34. The monoisotopic (exact) mass is 319 g/mol. The van der Waals surface area contributed by atoms with Crippen LogP contribution in [0.4, 0.5) is 4.79 Å². The highest BCUT2D eigenvalue weighted by Gasteiger charge is 2.05. The lowest BCUT2D eigenvalue weighted by Crippen LogP contribution is -2.27. The van der Waals surface area contributed by atoms with Gasteiger partial charge in [0.1, 0.15) is 12.4 Å². The van der Waals surface area contributed by atoms with Gasteiger partial charge in [-0.1, -0.05) is 48.0 Å². The quantitative estimate of drug-likeness (QED) is 0.826. The molecule has 0 spiro atoms. The Morgan fingerprint density at radius 2 is 1.91 bits per heavy atom. The summed E-state index contributed by atoms with van der Waals surface area (Å²) in [4.78, 5) is 10.9. The van der Waals surface area contributed by atoms with Crippen LogP contribution in [0.25, 0.3) is 0 Å². The topological polar surface area (TPSA) is 47.6 Å². The molecule has 5 heteroatoms. The van der Waals surface area contributed by atoms with Crippen LogP contribution >= 0.6 is 11.6 Å². The highest BCUT2D eigenvalue weighted by atomic mass is 35.5. The van der Waals surface area contributed by atoms with Gasteiger partial charge in [0.05, 0.1) is 18.7 Å². The van der Waals surface area contributed by atoms with Crippen molar-refractivity contribution < 1.29 is 14.3 Å². The summed E-state index contributed by atoms with van der Waals surface area (Å²) in [5, 5.41) is 3.10. The van der Waals surface area contributed by atoms with Crippen molar-refractivity contribution in [3.05, 3.63) is 64.7 Å². The Bertz CT molecular complexity index is 617. The van der Waals surface area contributed by atoms with E-state index in [-0.39, 0.29) is 0 Å². The third-order valence-corrected chi connectivity index (χ3v) is 3.36. The first-order valence-electron chi connectivity index (χ1n) is 6.96. The zero-order valence-electron chi connectivity index (χ0n) is 12.3. The summed E-state index contributed by atoms with van der Waals surface area (Å²) >= 11 is 6.23. The van der Waals surface area contributed by atoms with Crippen molar-refractivity contribution in [2.45, 2.75) is 6.42 Å². The minimum absolute atomic E-state index is 0.326. The van der Waals surface area contributed by atoms with Gasteiger partial charge in [0.2, 0.25) is 0 Å². The standard InChI is InChI=1S/C17H18ClNO3/c1-21-17(20)19-9-10-22-16-8-7-14(12-15(16)18)11-13-5-3-2-4-6-13/h2-8,12H,9-11H2,1H3,(H,19,20). The molecule has 1 amide bonds. The van der Waals surface area contributed by atoms with Crippen LogP contribution in [0.3, 0.4) is 0 Å². The number of halogens is 1. The fourth-order valence-corrected chi connectivity index (χ4v) is 2.25. The summed E-state index contributed by atoms with van der Waals surface area (Å²) < 4.78 is 10.0. The van der Waals surface area contributed by atoms with Crippen LogP contribution in [0.2, 0.25) is 5.02 Å². The minimum atomic E-state index is -0.479. The van der Waals surface area contributed by atoms with Gasteiger partial charge in [0, 0.05) is 0 Å². The zero-order valence-corrected chi connectivity index (χ0v) is 13.1. The molecule has 0 radical (unpaired) electrons. The molecule has 4 nitrogen and oxygen atoms in total. The molecule has 0 unspecified atom stereocenters. The van der Waals surface area contributed by atoms with Crippen LogP contribution in [0.1, 0.15) is 11.1 Å². The molecular weight excluding hydrogens is 302 g/mol. The van der Waals surface area contributed by atoms with Crippen molar-refractivity contribution in [3.63, 3.8) is 0 Å². The van der Waals surface area contributed by atoms with Gasteiger partial charge in [0.25, 0.3) is 0 Å². The number of carbonyl (C=O) groups excluding carboxylic acids is 1. The number of benzene rings is 2. The van der Waals surface area contributed by atoms with Crippen LogP contribution in [-0.2, 0) is 11.2 Å². The third kappa shape index (κ3) is 4.97. The number of rotatable bonds is 6. The smallest absolute Gasteiger partial charge is 0.406 e. The van der Waals surface area contributed by atoms with Crippen LogP contribution in [0.5, 0.6) is 5.75 Å². The van der Waals surface area contributed by atoms with Crippen LogP contribution in [-0.4, -0.2) is 26.4 Å². The largest absolute Gasteiger partial charge is 0.490 e. The molecule has 0 aliphatic rings. The number of carbonyl (C=O) groups is 1. The first kappa shape index (κ1) is 16.2. The van der Waals surface area contributed by atoms with E-state index < -0.39 is 6.09 Å². The van der Waals surface area contributed by atoms with Crippen LogP contribution in [0, 0.1) is 0 Å². The number of alkyl carbamates (subject to hydrolysis) is 1. The molecule has 1 N–H and O–H groups in total. The van der Waals surface area contributed by atoms with Gasteiger partial charge in [-0.15, -0.1) is 0 Å². The van der Waals surface area contributed by atoms with Crippen molar-refractivity contribution >= 4 is 17.7 Å². The molecule has 0 aliphatic carbocycles. The predicted molar refractivity (Wildman–Crippen MR) is 86.6 cm³/mol. The van der Waals surface area contributed by atoms with E-state index in [1.54, 1.807) is 0 Å². The molecule has 0 fully saturated rings. The number of methoxy groups -OCH3 is 1.